The molecule has 0 spiro atoms. The molecule has 0 amide bonds. The number of aromatic nitrogens is 1. The van der Waals surface area contributed by atoms with Crippen LogP contribution in [0.15, 0.2) is 64.0 Å². The Morgan fingerprint density at radius 1 is 0.939 bits per heavy atom. The SMILES string of the molecule is CCN=c1scc(-c2ccc3cc(OC)ccc3c2)n1N=Cc1cc(OC)c(O)c(OC)c1. The number of hydrogen-bond acceptors (Lipinski definition) is 7. The van der Waals surface area contributed by atoms with Gasteiger partial charge in [0.1, 0.15) is 5.75 Å². The van der Waals surface area contributed by atoms with Gasteiger partial charge in [-0.1, -0.05) is 18.2 Å². The summed E-state index contributed by atoms with van der Waals surface area (Å²) >= 11 is 1.53. The van der Waals surface area contributed by atoms with Crippen molar-refractivity contribution in [3.05, 3.63) is 64.3 Å². The van der Waals surface area contributed by atoms with E-state index in [-0.39, 0.29) is 5.75 Å². The van der Waals surface area contributed by atoms with Gasteiger partial charge < -0.3 is 19.3 Å². The summed E-state index contributed by atoms with van der Waals surface area (Å²) in [5.41, 5.74) is 2.68. The number of rotatable bonds is 7. The van der Waals surface area contributed by atoms with Gasteiger partial charge in [-0.25, -0.2) is 4.68 Å². The Hall–Kier alpha value is -3.78. The van der Waals surface area contributed by atoms with Crippen LogP contribution in [0.3, 0.4) is 0 Å². The molecule has 0 aliphatic heterocycles. The fraction of sp³-hybridized carbons (Fsp3) is 0.200. The highest BCUT2D eigenvalue weighted by molar-refractivity contribution is 7.07. The second-order valence-electron chi connectivity index (χ2n) is 7.14. The molecule has 0 fully saturated rings. The maximum atomic E-state index is 10.2. The second-order valence-corrected chi connectivity index (χ2v) is 7.97. The smallest absolute Gasteiger partial charge is 0.206 e. The lowest BCUT2D eigenvalue weighted by Gasteiger charge is -2.09. The topological polar surface area (TPSA) is 77.6 Å². The molecule has 170 valence electrons. The molecule has 7 nitrogen and oxygen atoms in total. The van der Waals surface area contributed by atoms with Crippen molar-refractivity contribution >= 4 is 28.3 Å². The standard InChI is InChI=1S/C25H25N3O4S/c1-5-26-25-28(27-14-16-10-22(31-3)24(29)23(11-16)32-4)21(15-33-25)19-7-6-18-13-20(30-2)9-8-17(18)12-19/h6-15,29H,5H2,1-4H3. The lowest BCUT2D eigenvalue weighted by molar-refractivity contribution is 0.340. The molecule has 0 saturated heterocycles. The van der Waals surface area contributed by atoms with E-state index in [1.54, 1.807) is 25.5 Å². The Bertz CT molecular complexity index is 1360. The van der Waals surface area contributed by atoms with E-state index in [1.807, 2.05) is 29.8 Å². The van der Waals surface area contributed by atoms with E-state index in [2.05, 4.69) is 28.6 Å². The lowest BCUT2D eigenvalue weighted by Crippen LogP contribution is -2.12. The number of aromatic hydroxyl groups is 1. The van der Waals surface area contributed by atoms with Gasteiger partial charge in [-0.3, -0.25) is 4.99 Å². The van der Waals surface area contributed by atoms with Gasteiger partial charge in [0, 0.05) is 23.1 Å². The first-order chi connectivity index (χ1) is 16.1. The maximum absolute atomic E-state index is 10.2. The molecule has 33 heavy (non-hydrogen) atoms. The average molecular weight is 464 g/mol. The quantitative estimate of drug-likeness (QED) is 0.395. The summed E-state index contributed by atoms with van der Waals surface area (Å²) in [5.74, 6) is 1.41. The number of benzene rings is 3. The number of thiazole rings is 1. The van der Waals surface area contributed by atoms with E-state index in [0.717, 1.165) is 38.1 Å². The third-order valence-electron chi connectivity index (χ3n) is 5.15. The zero-order valence-electron chi connectivity index (χ0n) is 18.9. The highest BCUT2D eigenvalue weighted by Gasteiger charge is 2.12. The maximum Gasteiger partial charge on any atom is 0.206 e. The number of fused-ring (bicyclic) bond motifs is 1. The molecule has 1 aromatic heterocycles. The molecule has 0 bridgehead atoms. The minimum absolute atomic E-state index is 0.0458. The van der Waals surface area contributed by atoms with Gasteiger partial charge in [0.05, 0.1) is 33.2 Å². The summed E-state index contributed by atoms with van der Waals surface area (Å²) in [5, 5.41) is 19.1. The fourth-order valence-corrected chi connectivity index (χ4v) is 4.38. The molecule has 0 aliphatic rings. The summed E-state index contributed by atoms with van der Waals surface area (Å²) in [7, 11) is 4.66. The van der Waals surface area contributed by atoms with E-state index in [9.17, 15) is 5.11 Å². The third-order valence-corrected chi connectivity index (χ3v) is 6.00. The van der Waals surface area contributed by atoms with E-state index >= 15 is 0 Å². The summed E-state index contributed by atoms with van der Waals surface area (Å²) in [6.45, 7) is 2.64. The highest BCUT2D eigenvalue weighted by Crippen LogP contribution is 2.36. The number of phenols is 1. The van der Waals surface area contributed by atoms with E-state index in [4.69, 9.17) is 19.3 Å². The molecule has 3 aromatic carbocycles. The zero-order chi connectivity index (χ0) is 23.4. The van der Waals surface area contributed by atoms with Crippen molar-refractivity contribution in [3.63, 3.8) is 0 Å². The van der Waals surface area contributed by atoms with Gasteiger partial charge in [0.25, 0.3) is 0 Å². The Morgan fingerprint density at radius 2 is 1.64 bits per heavy atom. The van der Waals surface area contributed by atoms with Gasteiger partial charge in [0.15, 0.2) is 11.5 Å². The van der Waals surface area contributed by atoms with Crippen LogP contribution in [0.25, 0.3) is 22.0 Å². The van der Waals surface area contributed by atoms with Gasteiger partial charge >= 0.3 is 0 Å². The van der Waals surface area contributed by atoms with Gasteiger partial charge in [-0.15, -0.1) is 11.3 Å². The van der Waals surface area contributed by atoms with Crippen molar-refractivity contribution < 1.29 is 19.3 Å². The van der Waals surface area contributed by atoms with Crippen molar-refractivity contribution in [3.8, 4) is 34.3 Å². The van der Waals surface area contributed by atoms with E-state index in [1.165, 1.54) is 25.6 Å². The van der Waals surface area contributed by atoms with Crippen LogP contribution in [-0.2, 0) is 0 Å². The fourth-order valence-electron chi connectivity index (χ4n) is 3.48. The van der Waals surface area contributed by atoms with Crippen molar-refractivity contribution in [1.29, 1.82) is 0 Å². The van der Waals surface area contributed by atoms with Crippen LogP contribution >= 0.6 is 11.3 Å². The monoisotopic (exact) mass is 463 g/mol. The van der Waals surface area contributed by atoms with Gasteiger partial charge in [-0.05, 0) is 48.0 Å². The Labute approximate surface area is 195 Å². The molecule has 1 N–H and O–H groups in total. The molecule has 0 aliphatic carbocycles. The third kappa shape index (κ3) is 4.56. The van der Waals surface area contributed by atoms with Crippen molar-refractivity contribution in [2.75, 3.05) is 27.9 Å². The summed E-state index contributed by atoms with van der Waals surface area (Å²) < 4.78 is 17.7. The first kappa shape index (κ1) is 22.4. The van der Waals surface area contributed by atoms with Gasteiger partial charge in [-0.2, -0.15) is 5.10 Å². The minimum Gasteiger partial charge on any atom is -0.502 e. The molecular weight excluding hydrogens is 438 g/mol. The van der Waals surface area contributed by atoms with E-state index in [0.29, 0.717) is 18.0 Å². The van der Waals surface area contributed by atoms with Crippen LogP contribution in [-0.4, -0.2) is 43.9 Å². The molecule has 1 heterocycles. The Balaban J connectivity index is 1.79. The average Bonchev–Trinajstić information content (AvgIpc) is 3.25. The Kier molecular flexibility index (Phi) is 6.65. The molecule has 0 unspecified atom stereocenters. The number of nitrogens with zero attached hydrogens (tertiary/aromatic N) is 3. The molecule has 0 atom stereocenters. The predicted molar refractivity (Wildman–Crippen MR) is 132 cm³/mol. The van der Waals surface area contributed by atoms with Crippen molar-refractivity contribution in [1.82, 2.24) is 4.68 Å². The molecule has 8 heteroatoms. The molecule has 0 radical (unpaired) electrons. The number of hydrogen-bond donors (Lipinski definition) is 1. The minimum atomic E-state index is -0.0458. The summed E-state index contributed by atoms with van der Waals surface area (Å²) in [6, 6.07) is 15.7. The van der Waals surface area contributed by atoms with Crippen LogP contribution < -0.4 is 19.0 Å². The second kappa shape index (κ2) is 9.79. The molecular formula is C25H25N3O4S. The lowest BCUT2D eigenvalue weighted by atomic mass is 10.1. The number of methoxy groups -OCH3 is 3. The summed E-state index contributed by atoms with van der Waals surface area (Å²) in [4.78, 5) is 5.38. The van der Waals surface area contributed by atoms with Gasteiger partial charge in [0.2, 0.25) is 10.6 Å². The van der Waals surface area contributed by atoms with Crippen molar-refractivity contribution in [2.45, 2.75) is 6.92 Å². The van der Waals surface area contributed by atoms with Crippen molar-refractivity contribution in [2.24, 2.45) is 10.1 Å². The first-order valence-corrected chi connectivity index (χ1v) is 11.2. The zero-order valence-corrected chi connectivity index (χ0v) is 19.7. The number of ether oxygens (including phenoxy) is 3. The van der Waals surface area contributed by atoms with Crippen LogP contribution in [0.5, 0.6) is 23.0 Å². The Morgan fingerprint density at radius 3 is 2.30 bits per heavy atom. The molecule has 0 saturated carbocycles. The first-order valence-electron chi connectivity index (χ1n) is 10.4. The largest absolute Gasteiger partial charge is 0.502 e. The van der Waals surface area contributed by atoms with Crippen LogP contribution in [0.1, 0.15) is 12.5 Å². The molecule has 4 rings (SSSR count). The molecule has 4 aromatic rings. The predicted octanol–water partition coefficient (Wildman–Crippen LogP) is 4.90. The highest BCUT2D eigenvalue weighted by atomic mass is 32.1. The normalized spacial score (nSPS) is 11.9. The van der Waals surface area contributed by atoms with E-state index < -0.39 is 0 Å². The van der Waals surface area contributed by atoms with Crippen LogP contribution in [0.4, 0.5) is 0 Å². The summed E-state index contributed by atoms with van der Waals surface area (Å²) in [6.07, 6.45) is 1.70. The van der Waals surface area contributed by atoms with Crippen LogP contribution in [0, 0.1) is 0 Å². The number of phenolic OH excluding ortho intramolecular Hbond substituents is 1. The van der Waals surface area contributed by atoms with Crippen LogP contribution in [0.2, 0.25) is 0 Å².